The molecule has 3 heteroatoms. The molecule has 0 amide bonds. The van der Waals surface area contributed by atoms with Crippen LogP contribution in [0.1, 0.15) is 19.5 Å². The van der Waals surface area contributed by atoms with Gasteiger partial charge in [0.25, 0.3) is 0 Å². The summed E-state index contributed by atoms with van der Waals surface area (Å²) in [6, 6.07) is 0. The molecular weight excluding hydrogens is 156 g/mol. The van der Waals surface area contributed by atoms with Crippen LogP contribution in [0.25, 0.3) is 0 Å². The lowest BCUT2D eigenvalue weighted by atomic mass is 10.4. The van der Waals surface area contributed by atoms with E-state index in [1.807, 2.05) is 13.8 Å². The van der Waals surface area contributed by atoms with E-state index in [-0.39, 0.29) is 0 Å². The lowest BCUT2D eigenvalue weighted by molar-refractivity contribution is 1.01. The minimum Gasteiger partial charge on any atom is -0.261 e. The van der Waals surface area contributed by atoms with E-state index in [2.05, 4.69) is 22.6 Å². The minimum atomic E-state index is 0.832. The van der Waals surface area contributed by atoms with Crippen LogP contribution in [0.15, 0.2) is 18.6 Å². The standard InChI is InChI=1S/C6H8N2S.C2H6/c9-4-1-6-5-7-2-3-8-6;1-2/h2-3,5,9H,1,4H2;1-2H3. The molecule has 0 saturated carbocycles. The van der Waals surface area contributed by atoms with Crippen molar-refractivity contribution in [1.82, 2.24) is 9.97 Å². The molecule has 0 aromatic carbocycles. The molecule has 0 bridgehead atoms. The van der Waals surface area contributed by atoms with Gasteiger partial charge in [-0.05, 0) is 5.75 Å². The van der Waals surface area contributed by atoms with Crippen molar-refractivity contribution >= 4 is 12.6 Å². The van der Waals surface area contributed by atoms with Crippen LogP contribution in [0.5, 0.6) is 0 Å². The van der Waals surface area contributed by atoms with E-state index in [0.29, 0.717) is 0 Å². The highest BCUT2D eigenvalue weighted by Gasteiger charge is 1.87. The Morgan fingerprint density at radius 2 is 2.09 bits per heavy atom. The van der Waals surface area contributed by atoms with Gasteiger partial charge in [0.2, 0.25) is 0 Å². The number of rotatable bonds is 2. The third-order valence-electron chi connectivity index (χ3n) is 0.985. The first kappa shape index (κ1) is 10.4. The SMILES string of the molecule is CC.SCCc1cnccn1. The van der Waals surface area contributed by atoms with Crippen LogP contribution in [-0.2, 0) is 6.42 Å². The van der Waals surface area contributed by atoms with Crippen molar-refractivity contribution in [2.75, 3.05) is 5.75 Å². The van der Waals surface area contributed by atoms with Crippen LogP contribution in [0, 0.1) is 0 Å². The summed E-state index contributed by atoms with van der Waals surface area (Å²) in [6.45, 7) is 4.00. The monoisotopic (exact) mass is 170 g/mol. The smallest absolute Gasteiger partial charge is 0.0594 e. The Labute approximate surface area is 73.5 Å². The van der Waals surface area contributed by atoms with Crippen molar-refractivity contribution in [1.29, 1.82) is 0 Å². The maximum absolute atomic E-state index is 4.06. The molecule has 0 N–H and O–H groups in total. The van der Waals surface area contributed by atoms with E-state index in [1.54, 1.807) is 18.6 Å². The Morgan fingerprint density at radius 3 is 2.55 bits per heavy atom. The summed E-state index contributed by atoms with van der Waals surface area (Å²) in [5, 5.41) is 0. The lowest BCUT2D eigenvalue weighted by Crippen LogP contribution is -1.90. The van der Waals surface area contributed by atoms with Crippen molar-refractivity contribution in [3.05, 3.63) is 24.3 Å². The number of thiol groups is 1. The fourth-order valence-electron chi connectivity index (χ4n) is 0.574. The van der Waals surface area contributed by atoms with Crippen molar-refractivity contribution in [2.24, 2.45) is 0 Å². The summed E-state index contributed by atoms with van der Waals surface area (Å²) in [7, 11) is 0. The second-order valence-corrected chi connectivity index (χ2v) is 2.12. The minimum absolute atomic E-state index is 0.832. The van der Waals surface area contributed by atoms with Gasteiger partial charge in [0.1, 0.15) is 0 Å². The van der Waals surface area contributed by atoms with E-state index in [4.69, 9.17) is 0 Å². The molecule has 0 saturated heterocycles. The van der Waals surface area contributed by atoms with Gasteiger partial charge in [0.15, 0.2) is 0 Å². The van der Waals surface area contributed by atoms with E-state index >= 15 is 0 Å². The highest BCUT2D eigenvalue weighted by molar-refractivity contribution is 7.80. The maximum atomic E-state index is 4.06. The zero-order valence-corrected chi connectivity index (χ0v) is 7.88. The topological polar surface area (TPSA) is 25.8 Å². The Bertz CT molecular complexity index is 165. The van der Waals surface area contributed by atoms with Crippen LogP contribution < -0.4 is 0 Å². The molecule has 1 rings (SSSR count). The van der Waals surface area contributed by atoms with Crippen molar-refractivity contribution in [3.63, 3.8) is 0 Å². The highest BCUT2D eigenvalue weighted by atomic mass is 32.1. The second-order valence-electron chi connectivity index (χ2n) is 1.67. The molecule has 1 heterocycles. The van der Waals surface area contributed by atoms with Crippen LogP contribution in [0.4, 0.5) is 0 Å². The molecule has 1 aromatic heterocycles. The first-order chi connectivity index (χ1) is 5.43. The molecule has 0 aliphatic heterocycles. The summed E-state index contributed by atoms with van der Waals surface area (Å²) in [5.74, 6) is 0.832. The Hall–Kier alpha value is -0.570. The Morgan fingerprint density at radius 1 is 1.36 bits per heavy atom. The molecular formula is C8H14N2S. The summed E-state index contributed by atoms with van der Waals surface area (Å²) in [6.07, 6.45) is 6.02. The lowest BCUT2D eigenvalue weighted by Gasteiger charge is -1.91. The maximum Gasteiger partial charge on any atom is 0.0594 e. The van der Waals surface area contributed by atoms with Gasteiger partial charge in [-0.15, -0.1) is 0 Å². The molecule has 0 unspecified atom stereocenters. The van der Waals surface area contributed by atoms with Gasteiger partial charge in [-0.3, -0.25) is 9.97 Å². The zero-order chi connectivity index (χ0) is 8.53. The number of hydrogen-bond donors (Lipinski definition) is 1. The number of aromatic nitrogens is 2. The zero-order valence-electron chi connectivity index (χ0n) is 6.99. The van der Waals surface area contributed by atoms with E-state index in [1.165, 1.54) is 0 Å². The Kier molecular flexibility index (Phi) is 7.15. The van der Waals surface area contributed by atoms with E-state index in [9.17, 15) is 0 Å². The molecule has 0 radical (unpaired) electrons. The summed E-state index contributed by atoms with van der Waals surface area (Å²) < 4.78 is 0. The van der Waals surface area contributed by atoms with Gasteiger partial charge in [-0.25, -0.2) is 0 Å². The van der Waals surface area contributed by atoms with Gasteiger partial charge in [0.05, 0.1) is 5.69 Å². The Balaban J connectivity index is 0.000000461. The number of hydrogen-bond acceptors (Lipinski definition) is 3. The predicted molar refractivity (Wildman–Crippen MR) is 50.9 cm³/mol. The summed E-state index contributed by atoms with van der Waals surface area (Å²) in [5.41, 5.74) is 1.01. The van der Waals surface area contributed by atoms with E-state index in [0.717, 1.165) is 17.9 Å². The molecule has 1 aromatic rings. The molecule has 0 fully saturated rings. The molecule has 62 valence electrons. The summed E-state index contributed by atoms with van der Waals surface area (Å²) >= 11 is 4.06. The number of aryl methyl sites for hydroxylation is 1. The number of nitrogens with zero attached hydrogens (tertiary/aromatic N) is 2. The van der Waals surface area contributed by atoms with Crippen LogP contribution in [-0.4, -0.2) is 15.7 Å². The van der Waals surface area contributed by atoms with Crippen LogP contribution in [0.3, 0.4) is 0 Å². The van der Waals surface area contributed by atoms with Gasteiger partial charge < -0.3 is 0 Å². The summed E-state index contributed by atoms with van der Waals surface area (Å²) in [4.78, 5) is 7.96. The predicted octanol–water partition coefficient (Wildman–Crippen LogP) is 1.98. The van der Waals surface area contributed by atoms with E-state index < -0.39 is 0 Å². The van der Waals surface area contributed by atoms with Gasteiger partial charge >= 0.3 is 0 Å². The third-order valence-corrected chi connectivity index (χ3v) is 1.21. The fourth-order valence-corrected chi connectivity index (χ4v) is 0.803. The van der Waals surface area contributed by atoms with Crippen molar-refractivity contribution in [3.8, 4) is 0 Å². The van der Waals surface area contributed by atoms with Crippen molar-refractivity contribution in [2.45, 2.75) is 20.3 Å². The van der Waals surface area contributed by atoms with Crippen LogP contribution in [0.2, 0.25) is 0 Å². The van der Waals surface area contributed by atoms with Crippen molar-refractivity contribution < 1.29 is 0 Å². The second kappa shape index (κ2) is 7.54. The molecule has 0 atom stereocenters. The van der Waals surface area contributed by atoms with Gasteiger partial charge in [-0.1, -0.05) is 13.8 Å². The normalized spacial score (nSPS) is 8.27. The highest BCUT2D eigenvalue weighted by Crippen LogP contribution is 1.91. The largest absolute Gasteiger partial charge is 0.261 e. The third kappa shape index (κ3) is 4.79. The molecule has 0 aliphatic carbocycles. The quantitative estimate of drug-likeness (QED) is 0.687. The average molecular weight is 170 g/mol. The molecule has 2 nitrogen and oxygen atoms in total. The average Bonchev–Trinajstić information content (AvgIpc) is 2.11. The first-order valence-corrected chi connectivity index (χ1v) is 4.42. The van der Waals surface area contributed by atoms with Gasteiger partial charge in [-0.2, -0.15) is 12.6 Å². The molecule has 0 spiro atoms. The molecule has 11 heavy (non-hydrogen) atoms. The van der Waals surface area contributed by atoms with Gasteiger partial charge in [0, 0.05) is 25.0 Å². The first-order valence-electron chi connectivity index (χ1n) is 3.79. The molecule has 0 aliphatic rings. The fraction of sp³-hybridized carbons (Fsp3) is 0.500. The van der Waals surface area contributed by atoms with Crippen LogP contribution >= 0.6 is 12.6 Å².